The predicted octanol–water partition coefficient (Wildman–Crippen LogP) is 6.43. The Bertz CT molecular complexity index is 483. The van der Waals surface area contributed by atoms with Gasteiger partial charge in [-0.05, 0) is 36.5 Å². The van der Waals surface area contributed by atoms with Gasteiger partial charge in [0.15, 0.2) is 0 Å². The van der Waals surface area contributed by atoms with E-state index in [1.54, 1.807) is 12.1 Å². The third-order valence-corrected chi connectivity index (χ3v) is 4.94. The lowest BCUT2D eigenvalue weighted by Gasteiger charge is -2.06. The summed E-state index contributed by atoms with van der Waals surface area (Å²) in [7, 11) is 0. The summed E-state index contributed by atoms with van der Waals surface area (Å²) < 4.78 is 0. The average molecular weight is 372 g/mol. The summed E-state index contributed by atoms with van der Waals surface area (Å²) in [6, 6.07) is 5.40. The van der Waals surface area contributed by atoms with Crippen LogP contribution in [0.15, 0.2) is 18.2 Å². The van der Waals surface area contributed by atoms with Crippen molar-refractivity contribution in [2.24, 2.45) is 5.92 Å². The van der Waals surface area contributed by atoms with Crippen LogP contribution in [0.4, 0.5) is 0 Å². The second kappa shape index (κ2) is 12.6. The van der Waals surface area contributed by atoms with E-state index in [1.807, 2.05) is 13.0 Å². The SMILES string of the molecule is CC1CCCCCC1.CCCC(=O)NCCc1ccc(Cl)cc1Cl. The summed E-state index contributed by atoms with van der Waals surface area (Å²) in [6.45, 7) is 4.97. The van der Waals surface area contributed by atoms with Gasteiger partial charge in [0, 0.05) is 23.0 Å². The van der Waals surface area contributed by atoms with Gasteiger partial charge in [-0.1, -0.05) is 81.6 Å². The highest BCUT2D eigenvalue weighted by molar-refractivity contribution is 6.35. The molecular formula is C20H31Cl2NO. The Balaban J connectivity index is 0.000000300. The molecule has 0 aromatic heterocycles. The van der Waals surface area contributed by atoms with Crippen molar-refractivity contribution < 1.29 is 4.79 Å². The third kappa shape index (κ3) is 9.54. The van der Waals surface area contributed by atoms with Crippen LogP contribution >= 0.6 is 23.2 Å². The molecule has 0 saturated heterocycles. The van der Waals surface area contributed by atoms with E-state index in [1.165, 1.54) is 38.5 Å². The maximum atomic E-state index is 11.2. The number of halogens is 2. The number of carbonyl (C=O) groups excluding carboxylic acids is 1. The van der Waals surface area contributed by atoms with Gasteiger partial charge in [-0.25, -0.2) is 0 Å². The van der Waals surface area contributed by atoms with Crippen LogP contribution in [0.3, 0.4) is 0 Å². The van der Waals surface area contributed by atoms with Crippen molar-refractivity contribution >= 4 is 29.1 Å². The molecule has 1 amide bonds. The van der Waals surface area contributed by atoms with Crippen LogP contribution in [-0.2, 0) is 11.2 Å². The molecule has 1 aliphatic rings. The summed E-state index contributed by atoms with van der Waals surface area (Å²) in [6.07, 6.45) is 11.1. The number of benzene rings is 1. The van der Waals surface area contributed by atoms with Gasteiger partial charge in [0.05, 0.1) is 0 Å². The molecule has 1 aliphatic carbocycles. The van der Waals surface area contributed by atoms with E-state index >= 15 is 0 Å². The minimum Gasteiger partial charge on any atom is -0.356 e. The lowest BCUT2D eigenvalue weighted by atomic mass is 10.0. The largest absolute Gasteiger partial charge is 0.356 e. The molecule has 4 heteroatoms. The lowest BCUT2D eigenvalue weighted by molar-refractivity contribution is -0.121. The normalized spacial score (nSPS) is 15.2. The van der Waals surface area contributed by atoms with Crippen LogP contribution in [0.5, 0.6) is 0 Å². The molecule has 0 spiro atoms. The second-order valence-electron chi connectivity index (χ2n) is 6.68. The maximum Gasteiger partial charge on any atom is 0.219 e. The van der Waals surface area contributed by atoms with Gasteiger partial charge < -0.3 is 5.32 Å². The minimum absolute atomic E-state index is 0.0904. The van der Waals surface area contributed by atoms with Crippen LogP contribution < -0.4 is 5.32 Å². The summed E-state index contributed by atoms with van der Waals surface area (Å²) in [5.74, 6) is 1.12. The van der Waals surface area contributed by atoms with Crippen molar-refractivity contribution in [1.82, 2.24) is 5.32 Å². The number of nitrogens with one attached hydrogen (secondary N) is 1. The molecule has 0 unspecified atom stereocenters. The van der Waals surface area contributed by atoms with Crippen molar-refractivity contribution in [3.63, 3.8) is 0 Å². The molecule has 1 aromatic carbocycles. The van der Waals surface area contributed by atoms with Crippen LogP contribution in [0.1, 0.15) is 70.8 Å². The lowest BCUT2D eigenvalue weighted by Crippen LogP contribution is -2.25. The predicted molar refractivity (Wildman–Crippen MR) is 105 cm³/mol. The van der Waals surface area contributed by atoms with Crippen molar-refractivity contribution in [2.45, 2.75) is 71.6 Å². The van der Waals surface area contributed by atoms with Gasteiger partial charge in [-0.3, -0.25) is 4.79 Å². The topological polar surface area (TPSA) is 29.1 Å². The smallest absolute Gasteiger partial charge is 0.219 e. The summed E-state index contributed by atoms with van der Waals surface area (Å²) in [5.41, 5.74) is 1.00. The van der Waals surface area contributed by atoms with E-state index in [4.69, 9.17) is 23.2 Å². The number of carbonyl (C=O) groups is 1. The Kier molecular flexibility index (Phi) is 11.2. The van der Waals surface area contributed by atoms with Gasteiger partial charge in [0.2, 0.25) is 5.91 Å². The van der Waals surface area contributed by atoms with E-state index in [9.17, 15) is 4.79 Å². The third-order valence-electron chi connectivity index (χ3n) is 4.35. The molecule has 0 atom stereocenters. The minimum atomic E-state index is 0.0904. The van der Waals surface area contributed by atoms with E-state index in [0.29, 0.717) is 23.0 Å². The number of rotatable bonds is 5. The first-order chi connectivity index (χ1) is 11.5. The molecule has 1 saturated carbocycles. The van der Waals surface area contributed by atoms with Gasteiger partial charge in [-0.2, -0.15) is 0 Å². The fourth-order valence-electron chi connectivity index (χ4n) is 2.86. The quantitative estimate of drug-likeness (QED) is 0.593. The Morgan fingerprint density at radius 2 is 1.83 bits per heavy atom. The Labute approximate surface area is 157 Å². The van der Waals surface area contributed by atoms with E-state index in [-0.39, 0.29) is 5.91 Å². The molecule has 24 heavy (non-hydrogen) atoms. The number of hydrogen-bond donors (Lipinski definition) is 1. The Morgan fingerprint density at radius 3 is 2.42 bits per heavy atom. The first-order valence-electron chi connectivity index (χ1n) is 9.23. The average Bonchev–Trinajstić information content (AvgIpc) is 2.78. The number of hydrogen-bond acceptors (Lipinski definition) is 1. The monoisotopic (exact) mass is 371 g/mol. The molecule has 2 nitrogen and oxygen atoms in total. The van der Waals surface area contributed by atoms with Crippen molar-refractivity contribution in [1.29, 1.82) is 0 Å². The number of amides is 1. The van der Waals surface area contributed by atoms with Crippen molar-refractivity contribution in [3.8, 4) is 0 Å². The molecule has 0 radical (unpaired) electrons. The molecular weight excluding hydrogens is 341 g/mol. The molecule has 1 aromatic rings. The molecule has 1 N–H and O–H groups in total. The maximum absolute atomic E-state index is 11.2. The van der Waals surface area contributed by atoms with Crippen molar-refractivity contribution in [2.75, 3.05) is 6.54 Å². The van der Waals surface area contributed by atoms with Crippen molar-refractivity contribution in [3.05, 3.63) is 33.8 Å². The molecule has 0 bridgehead atoms. The van der Waals surface area contributed by atoms with Crippen LogP contribution in [0.2, 0.25) is 10.0 Å². The van der Waals surface area contributed by atoms with Crippen LogP contribution in [-0.4, -0.2) is 12.5 Å². The molecule has 2 rings (SSSR count). The molecule has 0 aliphatic heterocycles. The van der Waals surface area contributed by atoms with Crippen LogP contribution in [0, 0.1) is 5.92 Å². The molecule has 1 fully saturated rings. The summed E-state index contributed by atoms with van der Waals surface area (Å²) in [4.78, 5) is 11.2. The highest BCUT2D eigenvalue weighted by Crippen LogP contribution is 2.22. The summed E-state index contributed by atoms with van der Waals surface area (Å²) in [5, 5.41) is 4.12. The standard InChI is InChI=1S/C12H15Cl2NO.C8H16/c1-2-3-12(16)15-7-6-9-4-5-10(13)8-11(9)14;1-8-6-4-2-3-5-7-8/h4-5,8H,2-3,6-7H2,1H3,(H,15,16);8H,2-7H2,1H3. The highest BCUT2D eigenvalue weighted by Gasteiger charge is 2.05. The van der Waals surface area contributed by atoms with Gasteiger partial charge >= 0.3 is 0 Å². The molecule has 0 heterocycles. The van der Waals surface area contributed by atoms with Gasteiger partial charge in [0.25, 0.3) is 0 Å². The zero-order chi connectivity index (χ0) is 17.8. The zero-order valence-corrected chi connectivity index (χ0v) is 16.6. The summed E-state index contributed by atoms with van der Waals surface area (Å²) >= 11 is 11.8. The fraction of sp³-hybridized carbons (Fsp3) is 0.650. The van der Waals surface area contributed by atoms with E-state index < -0.39 is 0 Å². The highest BCUT2D eigenvalue weighted by atomic mass is 35.5. The van der Waals surface area contributed by atoms with Gasteiger partial charge in [0.1, 0.15) is 0 Å². The fourth-order valence-corrected chi connectivity index (χ4v) is 3.36. The van der Waals surface area contributed by atoms with E-state index in [2.05, 4.69) is 12.2 Å². The Hall–Kier alpha value is -0.730. The van der Waals surface area contributed by atoms with E-state index in [0.717, 1.165) is 24.3 Å². The second-order valence-corrected chi connectivity index (χ2v) is 7.53. The zero-order valence-electron chi connectivity index (χ0n) is 15.0. The Morgan fingerprint density at radius 1 is 1.17 bits per heavy atom. The van der Waals surface area contributed by atoms with Gasteiger partial charge in [-0.15, -0.1) is 0 Å². The first-order valence-corrected chi connectivity index (χ1v) is 9.99. The van der Waals surface area contributed by atoms with Crippen LogP contribution in [0.25, 0.3) is 0 Å². The first kappa shape index (κ1) is 21.3. The molecule has 136 valence electrons.